The molecule has 1 heterocycles. The van der Waals surface area contributed by atoms with Crippen molar-refractivity contribution in [1.29, 1.82) is 0 Å². The lowest BCUT2D eigenvalue weighted by Crippen LogP contribution is -2.46. The lowest BCUT2D eigenvalue weighted by atomic mass is 10.1. The van der Waals surface area contributed by atoms with E-state index in [-0.39, 0.29) is 6.61 Å². The molecule has 1 aliphatic heterocycles. The Morgan fingerprint density at radius 3 is 2.43 bits per heavy atom. The molecule has 0 aliphatic carbocycles. The number of aliphatic hydroxyl groups is 3. The van der Waals surface area contributed by atoms with Crippen molar-refractivity contribution in [3.05, 3.63) is 0 Å². The van der Waals surface area contributed by atoms with E-state index < -0.39 is 32.4 Å². The van der Waals surface area contributed by atoms with E-state index in [1.807, 2.05) is 0 Å². The van der Waals surface area contributed by atoms with Gasteiger partial charge in [0.15, 0.2) is 0 Å². The Morgan fingerprint density at radius 2 is 2.07 bits per heavy atom. The van der Waals surface area contributed by atoms with Crippen LogP contribution in [0.15, 0.2) is 0 Å². The van der Waals surface area contributed by atoms with E-state index >= 15 is 0 Å². The number of hydrogen-bond acceptors (Lipinski definition) is 6. The molecule has 0 aromatic rings. The molecule has 0 unspecified atom stereocenters. The van der Waals surface area contributed by atoms with Gasteiger partial charge < -0.3 is 29.8 Å². The zero-order valence-electron chi connectivity index (χ0n) is 6.98. The lowest BCUT2D eigenvalue weighted by molar-refractivity contribution is -0.231. The molecule has 9 heteroatoms. The van der Waals surface area contributed by atoms with Crippen LogP contribution in [0.5, 0.6) is 0 Å². The largest absolute Gasteiger partial charge is 0.469 e. The fourth-order valence-electron chi connectivity index (χ4n) is 1.01. The van der Waals surface area contributed by atoms with Gasteiger partial charge in [-0.05, 0) is 0 Å². The van der Waals surface area contributed by atoms with Crippen LogP contribution in [0.1, 0.15) is 0 Å². The summed E-state index contributed by atoms with van der Waals surface area (Å²) in [5, 5.41) is 27.5. The zero-order chi connectivity index (χ0) is 11.0. The van der Waals surface area contributed by atoms with E-state index in [9.17, 15) is 9.67 Å². The van der Waals surface area contributed by atoms with E-state index in [0.29, 0.717) is 0 Å². The maximum absolute atomic E-state index is 10.3. The zero-order valence-corrected chi connectivity index (χ0v) is 7.87. The molecule has 0 bridgehead atoms. The summed E-state index contributed by atoms with van der Waals surface area (Å²) < 4.78 is 18.8. The van der Waals surface area contributed by atoms with Crippen LogP contribution in [-0.4, -0.2) is 56.3 Å². The molecule has 84 valence electrons. The van der Waals surface area contributed by atoms with Crippen molar-refractivity contribution in [2.45, 2.75) is 18.0 Å². The predicted octanol–water partition coefficient (Wildman–Crippen LogP) is -2.46. The maximum atomic E-state index is 10.3. The predicted molar refractivity (Wildman–Crippen MR) is 40.9 cm³/mol. The molecule has 0 amide bonds. The molecule has 0 radical (unpaired) electrons. The Hall–Kier alpha value is -0.0500. The molecule has 0 aromatic heterocycles. The normalized spacial score (nSPS) is 38.9. The summed E-state index contributed by atoms with van der Waals surface area (Å²) in [7, 11) is -4.74. The third-order valence-electron chi connectivity index (χ3n) is 1.77. The maximum Gasteiger partial charge on any atom is 0.469 e. The molecule has 8 nitrogen and oxygen atoms in total. The quantitative estimate of drug-likeness (QED) is 0.336. The van der Waals surface area contributed by atoms with E-state index in [1.165, 1.54) is 0 Å². The van der Waals surface area contributed by atoms with E-state index in [0.717, 1.165) is 0 Å². The first-order chi connectivity index (χ1) is 6.25. The summed E-state index contributed by atoms with van der Waals surface area (Å²) in [6.07, 6.45) is -2.96. The van der Waals surface area contributed by atoms with Gasteiger partial charge in [0.1, 0.15) is 18.8 Å². The van der Waals surface area contributed by atoms with Gasteiger partial charge in [-0.3, -0.25) is 4.52 Å². The summed E-state index contributed by atoms with van der Waals surface area (Å²) >= 11 is 0. The van der Waals surface area contributed by atoms with Crippen molar-refractivity contribution in [3.8, 4) is 0 Å². The number of ether oxygens (including phenoxy) is 1. The van der Waals surface area contributed by atoms with Crippen molar-refractivity contribution in [3.63, 3.8) is 0 Å². The van der Waals surface area contributed by atoms with Crippen molar-refractivity contribution in [1.82, 2.24) is 0 Å². The number of hydrogen-bond donors (Lipinski definition) is 5. The van der Waals surface area contributed by atoms with E-state index in [1.54, 1.807) is 0 Å². The van der Waals surface area contributed by atoms with Crippen LogP contribution in [0.2, 0.25) is 0 Å². The molecule has 1 rings (SSSR count). The molecular weight excluding hydrogens is 219 g/mol. The van der Waals surface area contributed by atoms with Crippen molar-refractivity contribution < 1.29 is 38.9 Å². The summed E-state index contributed by atoms with van der Waals surface area (Å²) in [6.45, 7) is -1.25. The molecule has 3 atom stereocenters. The minimum atomic E-state index is -4.74. The fraction of sp³-hybridized carbons (Fsp3) is 1.00. The van der Waals surface area contributed by atoms with Crippen LogP contribution in [0.3, 0.4) is 0 Å². The van der Waals surface area contributed by atoms with Crippen LogP contribution in [0.25, 0.3) is 0 Å². The van der Waals surface area contributed by atoms with Crippen LogP contribution >= 0.6 is 7.82 Å². The highest BCUT2D eigenvalue weighted by molar-refractivity contribution is 7.46. The van der Waals surface area contributed by atoms with Crippen LogP contribution < -0.4 is 0 Å². The lowest BCUT2D eigenvalue weighted by Gasteiger charge is -2.25. The van der Waals surface area contributed by atoms with E-state index in [2.05, 4.69) is 9.26 Å². The highest BCUT2D eigenvalue weighted by atomic mass is 31.2. The van der Waals surface area contributed by atoms with Crippen LogP contribution in [0.4, 0.5) is 0 Å². The Labute approximate surface area is 78.9 Å². The molecule has 0 saturated carbocycles. The van der Waals surface area contributed by atoms with Gasteiger partial charge in [0.05, 0.1) is 6.61 Å². The van der Waals surface area contributed by atoms with Crippen LogP contribution in [0, 0.1) is 0 Å². The van der Waals surface area contributed by atoms with Gasteiger partial charge in [-0.15, -0.1) is 0 Å². The van der Waals surface area contributed by atoms with Crippen molar-refractivity contribution in [2.24, 2.45) is 0 Å². The molecule has 0 spiro atoms. The molecule has 1 fully saturated rings. The summed E-state index contributed by atoms with van der Waals surface area (Å²) in [4.78, 5) is 16.6. The second-order valence-electron chi connectivity index (χ2n) is 2.93. The number of rotatable bonds is 3. The summed E-state index contributed by atoms with van der Waals surface area (Å²) in [5.41, 5.74) is 0. The Morgan fingerprint density at radius 1 is 1.50 bits per heavy atom. The molecule has 1 saturated heterocycles. The monoisotopic (exact) mass is 230 g/mol. The van der Waals surface area contributed by atoms with Crippen molar-refractivity contribution >= 4 is 7.82 Å². The average Bonchev–Trinajstić information content (AvgIpc) is 2.30. The van der Waals surface area contributed by atoms with Gasteiger partial charge in [-0.1, -0.05) is 0 Å². The molecule has 5 N–H and O–H groups in total. The van der Waals surface area contributed by atoms with Gasteiger partial charge in [0.25, 0.3) is 0 Å². The molecule has 14 heavy (non-hydrogen) atoms. The van der Waals surface area contributed by atoms with Crippen LogP contribution in [-0.2, 0) is 13.8 Å². The van der Waals surface area contributed by atoms with Gasteiger partial charge >= 0.3 is 7.82 Å². The first-order valence-electron chi connectivity index (χ1n) is 3.67. The van der Waals surface area contributed by atoms with Gasteiger partial charge in [-0.25, -0.2) is 4.57 Å². The number of phosphoric ester groups is 1. The topological polar surface area (TPSA) is 137 Å². The number of aliphatic hydroxyl groups excluding tert-OH is 2. The third-order valence-corrected chi connectivity index (χ3v) is 2.24. The summed E-state index contributed by atoms with van der Waals surface area (Å²) in [5.74, 6) is -2.28. The fourth-order valence-corrected chi connectivity index (χ4v) is 1.36. The first kappa shape index (κ1) is 12.0. The first-order valence-corrected chi connectivity index (χ1v) is 5.20. The number of phosphoric acid groups is 1. The highest BCUT2D eigenvalue weighted by Crippen LogP contribution is 2.38. The highest BCUT2D eigenvalue weighted by Gasteiger charge is 2.49. The molecule has 1 aliphatic rings. The van der Waals surface area contributed by atoms with Gasteiger partial charge in [0.2, 0.25) is 5.79 Å². The average molecular weight is 230 g/mol. The minimum Gasteiger partial charge on any atom is -0.388 e. The second-order valence-corrected chi connectivity index (χ2v) is 4.17. The smallest absolute Gasteiger partial charge is 0.388 e. The Kier molecular flexibility index (Phi) is 3.30. The third kappa shape index (κ3) is 2.72. The standard InChI is InChI=1S/C5H11O8P/c6-3-1-12-5(8,4(3)7)2-13-14(9,10)11/h3-4,6-8H,1-2H2,(H2,9,10,11)/t3-,4+,5-/m1/s1. The van der Waals surface area contributed by atoms with Gasteiger partial charge in [-0.2, -0.15) is 0 Å². The van der Waals surface area contributed by atoms with E-state index in [4.69, 9.17) is 20.0 Å². The Balaban J connectivity index is 2.55. The SMILES string of the molecule is O=P(O)(O)OC[C@@]1(O)OC[C@@H](O)[C@@H]1O. The second kappa shape index (κ2) is 3.84. The molecule has 0 aromatic carbocycles. The summed E-state index contributed by atoms with van der Waals surface area (Å²) in [6, 6.07) is 0. The Bertz CT molecular complexity index is 250. The minimum absolute atomic E-state index is 0.331. The van der Waals surface area contributed by atoms with Gasteiger partial charge in [0, 0.05) is 0 Å². The molecular formula is C5H11O8P. The van der Waals surface area contributed by atoms with Crippen molar-refractivity contribution in [2.75, 3.05) is 13.2 Å².